The largest absolute Gasteiger partial charge is 0.423 e. The third-order valence-corrected chi connectivity index (χ3v) is 6.61. The molecule has 182 valence electrons. The minimum Gasteiger partial charge on any atom is -0.423 e. The van der Waals surface area contributed by atoms with Crippen LogP contribution in [-0.2, 0) is 14.4 Å². The van der Waals surface area contributed by atoms with Gasteiger partial charge in [0.2, 0.25) is 5.12 Å². The van der Waals surface area contributed by atoms with Crippen molar-refractivity contribution < 1.29 is 23.5 Å². The van der Waals surface area contributed by atoms with Crippen molar-refractivity contribution >= 4 is 45.8 Å². The Labute approximate surface area is 218 Å². The highest BCUT2D eigenvalue weighted by molar-refractivity contribution is 8.14. The van der Waals surface area contributed by atoms with Crippen LogP contribution in [-0.4, -0.2) is 16.2 Å². The number of thioether (sulfide) groups is 2. The molecule has 0 bridgehead atoms. The Hall–Kier alpha value is -3.68. The van der Waals surface area contributed by atoms with E-state index in [4.69, 9.17) is 4.74 Å². The fourth-order valence-electron chi connectivity index (χ4n) is 3.04. The van der Waals surface area contributed by atoms with E-state index in [0.29, 0.717) is 16.2 Å². The molecule has 0 unspecified atom stereocenters. The molecule has 0 radical (unpaired) electrons. The van der Waals surface area contributed by atoms with E-state index in [9.17, 15) is 18.8 Å². The van der Waals surface area contributed by atoms with Crippen LogP contribution in [0.5, 0.6) is 5.75 Å². The molecule has 0 spiro atoms. The van der Waals surface area contributed by atoms with Crippen molar-refractivity contribution in [2.75, 3.05) is 0 Å². The van der Waals surface area contributed by atoms with E-state index in [1.807, 2.05) is 43.3 Å². The van der Waals surface area contributed by atoms with Gasteiger partial charge in [-0.15, -0.1) is 0 Å². The van der Waals surface area contributed by atoms with Gasteiger partial charge in [0.15, 0.2) is 5.83 Å². The molecular weight excluding hydrogens is 495 g/mol. The van der Waals surface area contributed by atoms with E-state index >= 15 is 0 Å². The summed E-state index contributed by atoms with van der Waals surface area (Å²) in [5.41, 5.74) is 4.10. The summed E-state index contributed by atoms with van der Waals surface area (Å²) in [6.45, 7) is 10.1. The zero-order chi connectivity index (χ0) is 26.2. The molecule has 4 nitrogen and oxygen atoms in total. The number of hydrogen-bond donors (Lipinski definition) is 0. The van der Waals surface area contributed by atoms with Crippen LogP contribution in [0.1, 0.15) is 18.1 Å². The zero-order valence-corrected chi connectivity index (χ0v) is 21.4. The van der Waals surface area contributed by atoms with Crippen molar-refractivity contribution in [3.05, 3.63) is 108 Å². The van der Waals surface area contributed by atoms with Crippen molar-refractivity contribution in [3.63, 3.8) is 0 Å². The van der Waals surface area contributed by atoms with Crippen molar-refractivity contribution in [1.29, 1.82) is 0 Å². The van der Waals surface area contributed by atoms with Crippen molar-refractivity contribution in [2.24, 2.45) is 0 Å². The van der Waals surface area contributed by atoms with Gasteiger partial charge in [-0.25, -0.2) is 9.18 Å². The van der Waals surface area contributed by atoms with Crippen LogP contribution < -0.4 is 4.74 Å². The highest BCUT2D eigenvalue weighted by atomic mass is 32.2. The van der Waals surface area contributed by atoms with E-state index in [0.717, 1.165) is 50.7 Å². The van der Waals surface area contributed by atoms with E-state index in [2.05, 4.69) is 13.2 Å². The minimum absolute atomic E-state index is 0.139. The Kier molecular flexibility index (Phi) is 9.22. The topological polar surface area (TPSA) is 60.4 Å². The van der Waals surface area contributed by atoms with Gasteiger partial charge in [0, 0.05) is 15.4 Å². The summed E-state index contributed by atoms with van der Waals surface area (Å²) in [6.07, 6.45) is 3.24. The molecule has 0 saturated heterocycles. The van der Waals surface area contributed by atoms with Crippen molar-refractivity contribution in [2.45, 2.75) is 23.6 Å². The second-order valence-electron chi connectivity index (χ2n) is 7.79. The highest BCUT2D eigenvalue weighted by Gasteiger charge is 2.11. The Balaban J connectivity index is 1.60. The summed E-state index contributed by atoms with van der Waals surface area (Å²) in [7, 11) is 0. The van der Waals surface area contributed by atoms with Crippen molar-refractivity contribution in [1.82, 2.24) is 0 Å². The van der Waals surface area contributed by atoms with E-state index in [1.54, 1.807) is 43.3 Å². The van der Waals surface area contributed by atoms with Gasteiger partial charge < -0.3 is 4.74 Å². The molecule has 0 N–H and O–H groups in total. The van der Waals surface area contributed by atoms with Crippen LogP contribution in [0, 0.1) is 6.92 Å². The summed E-state index contributed by atoms with van der Waals surface area (Å²) in [5.74, 6) is -1.08. The zero-order valence-electron chi connectivity index (χ0n) is 19.7. The first-order valence-corrected chi connectivity index (χ1v) is 12.4. The molecular formula is C29H23FO4S2. The number of ether oxygens (including phenoxy) is 1. The third-order valence-electron chi connectivity index (χ3n) is 4.86. The van der Waals surface area contributed by atoms with Crippen LogP contribution in [0.25, 0.3) is 17.2 Å². The maximum Gasteiger partial charge on any atom is 0.338 e. The number of esters is 1. The molecule has 36 heavy (non-hydrogen) atoms. The molecule has 3 rings (SSSR count). The average molecular weight is 519 g/mol. The molecule has 0 fully saturated rings. The van der Waals surface area contributed by atoms with Crippen LogP contribution >= 0.6 is 23.5 Å². The molecule has 0 aliphatic rings. The smallest absolute Gasteiger partial charge is 0.338 e. The van der Waals surface area contributed by atoms with E-state index < -0.39 is 16.9 Å². The van der Waals surface area contributed by atoms with Gasteiger partial charge in [-0.1, -0.05) is 49.6 Å². The molecule has 0 heterocycles. The molecule has 0 atom stereocenters. The van der Waals surface area contributed by atoms with Gasteiger partial charge in [-0.3, -0.25) is 9.59 Å². The van der Waals surface area contributed by atoms with Crippen LogP contribution in [0.15, 0.2) is 107 Å². The normalized spacial score (nSPS) is 10.8. The number of halogens is 1. The minimum atomic E-state index is -0.971. The average Bonchev–Trinajstić information content (AvgIpc) is 2.84. The predicted molar refractivity (Wildman–Crippen MR) is 145 cm³/mol. The van der Waals surface area contributed by atoms with E-state index in [1.165, 1.54) is 6.08 Å². The molecule has 0 aliphatic heterocycles. The first kappa shape index (κ1) is 26.9. The summed E-state index contributed by atoms with van der Waals surface area (Å²) in [4.78, 5) is 36.8. The number of hydrogen-bond acceptors (Lipinski definition) is 6. The first-order valence-electron chi connectivity index (χ1n) is 10.8. The fourth-order valence-corrected chi connectivity index (χ4v) is 4.38. The maximum atomic E-state index is 12.9. The maximum absolute atomic E-state index is 12.9. The standard InChI is InChI=1S/C29H23FO4S2/c1-18(2)28(32)34-23-10-12-24(13-11-23)35-27(31)16-7-21-5-8-22(9-6-21)26-15-14-25(17-19(26)3)36-29(33)20(4)30/h5-17H,1,4H2,2-3H3/b16-7+. The Morgan fingerprint density at radius 3 is 2.11 bits per heavy atom. The molecule has 0 saturated carbocycles. The molecule has 0 aliphatic carbocycles. The predicted octanol–water partition coefficient (Wildman–Crippen LogP) is 7.58. The molecule has 3 aromatic rings. The number of benzene rings is 3. The summed E-state index contributed by atoms with van der Waals surface area (Å²) < 4.78 is 18.1. The van der Waals surface area contributed by atoms with Crippen LogP contribution in [0.3, 0.4) is 0 Å². The van der Waals surface area contributed by atoms with Gasteiger partial charge in [0.1, 0.15) is 5.75 Å². The lowest BCUT2D eigenvalue weighted by Gasteiger charge is -2.08. The quantitative estimate of drug-likeness (QED) is 0.133. The lowest BCUT2D eigenvalue weighted by Crippen LogP contribution is -2.07. The van der Waals surface area contributed by atoms with E-state index in [-0.39, 0.29) is 5.12 Å². The summed E-state index contributed by atoms with van der Waals surface area (Å²) >= 11 is 1.87. The lowest BCUT2D eigenvalue weighted by molar-refractivity contribution is -0.130. The molecule has 3 aromatic carbocycles. The lowest BCUT2D eigenvalue weighted by atomic mass is 9.99. The van der Waals surface area contributed by atoms with Crippen LogP contribution in [0.2, 0.25) is 0 Å². The Bertz CT molecular complexity index is 1360. The highest BCUT2D eigenvalue weighted by Crippen LogP contribution is 2.30. The van der Waals surface area contributed by atoms with Crippen molar-refractivity contribution in [3.8, 4) is 16.9 Å². The second-order valence-corrected chi connectivity index (χ2v) is 9.91. The Morgan fingerprint density at radius 2 is 1.53 bits per heavy atom. The number of aryl methyl sites for hydroxylation is 1. The first-order chi connectivity index (χ1) is 17.1. The van der Waals surface area contributed by atoms with Gasteiger partial charge in [0.25, 0.3) is 5.12 Å². The number of rotatable bonds is 8. The van der Waals surface area contributed by atoms with Gasteiger partial charge >= 0.3 is 5.97 Å². The number of carbonyl (C=O) groups is 3. The molecule has 0 amide bonds. The Morgan fingerprint density at radius 1 is 0.889 bits per heavy atom. The van der Waals surface area contributed by atoms with Crippen LogP contribution in [0.4, 0.5) is 4.39 Å². The molecule has 7 heteroatoms. The third kappa shape index (κ3) is 7.66. The van der Waals surface area contributed by atoms with Gasteiger partial charge in [-0.2, -0.15) is 0 Å². The summed E-state index contributed by atoms with van der Waals surface area (Å²) in [6, 6.07) is 19.9. The summed E-state index contributed by atoms with van der Waals surface area (Å²) in [5, 5.41) is -0.840. The van der Waals surface area contributed by atoms with Gasteiger partial charge in [-0.05, 0) is 102 Å². The van der Waals surface area contributed by atoms with Gasteiger partial charge in [0.05, 0.1) is 0 Å². The second kappa shape index (κ2) is 12.3. The monoisotopic (exact) mass is 518 g/mol. The molecule has 0 aromatic heterocycles. The SMILES string of the molecule is C=C(C)C(=O)Oc1ccc(SC(=O)/C=C/c2ccc(-c3ccc(SC(=O)C(=C)F)cc3C)cc2)cc1. The number of carbonyl (C=O) groups excluding carboxylic acids is 3. The fraction of sp³-hybridized carbons (Fsp3) is 0.0690.